The number of benzene rings is 3. The van der Waals surface area contributed by atoms with E-state index in [0.717, 1.165) is 37.9 Å². The van der Waals surface area contributed by atoms with Crippen LogP contribution in [0, 0.1) is 0 Å². The monoisotopic (exact) mass is 393 g/mol. The minimum absolute atomic E-state index is 0.846. The molecule has 1 aliphatic carbocycles. The molecule has 0 amide bonds. The van der Waals surface area contributed by atoms with E-state index in [1.807, 2.05) is 0 Å². The van der Waals surface area contributed by atoms with Crippen molar-refractivity contribution in [2.24, 2.45) is 4.99 Å². The Bertz CT molecular complexity index is 1040. The van der Waals surface area contributed by atoms with Crippen molar-refractivity contribution in [1.82, 2.24) is 0 Å². The third-order valence-corrected chi connectivity index (χ3v) is 6.09. The molecule has 30 heavy (non-hydrogen) atoms. The predicted octanol–water partition coefficient (Wildman–Crippen LogP) is 7.07. The van der Waals surface area contributed by atoms with Crippen molar-refractivity contribution in [3.8, 4) is 0 Å². The van der Waals surface area contributed by atoms with Gasteiger partial charge in [-0.2, -0.15) is 0 Å². The molecule has 0 atom stereocenters. The van der Waals surface area contributed by atoms with Gasteiger partial charge < -0.3 is 0 Å². The van der Waals surface area contributed by atoms with Gasteiger partial charge in [-0.3, -0.25) is 4.99 Å². The molecule has 0 spiro atoms. The highest BCUT2D eigenvalue weighted by molar-refractivity contribution is 5.98. The van der Waals surface area contributed by atoms with Crippen LogP contribution in [0.15, 0.2) is 83.9 Å². The van der Waals surface area contributed by atoms with Crippen LogP contribution in [0.1, 0.15) is 60.1 Å². The van der Waals surface area contributed by atoms with Crippen LogP contribution in [0.3, 0.4) is 0 Å². The normalized spacial score (nSPS) is 13.7. The van der Waals surface area contributed by atoms with Crippen molar-refractivity contribution < 1.29 is 0 Å². The van der Waals surface area contributed by atoms with Gasteiger partial charge in [0.15, 0.2) is 0 Å². The molecule has 0 fully saturated rings. The van der Waals surface area contributed by atoms with Crippen LogP contribution in [0.4, 0.5) is 0 Å². The number of aryl methyl sites for hydroxylation is 2. The van der Waals surface area contributed by atoms with Crippen molar-refractivity contribution in [2.75, 3.05) is 6.54 Å². The molecule has 1 nitrogen and oxygen atoms in total. The second-order valence-electron chi connectivity index (χ2n) is 8.19. The van der Waals surface area contributed by atoms with Crippen LogP contribution in [0.25, 0.3) is 5.57 Å². The van der Waals surface area contributed by atoms with Crippen LogP contribution in [0.5, 0.6) is 0 Å². The van der Waals surface area contributed by atoms with E-state index in [9.17, 15) is 0 Å². The first kappa shape index (κ1) is 20.3. The molecule has 1 aliphatic rings. The van der Waals surface area contributed by atoms with E-state index in [0.29, 0.717) is 0 Å². The Hall–Kier alpha value is -2.93. The van der Waals surface area contributed by atoms with Gasteiger partial charge >= 0.3 is 0 Å². The zero-order chi connectivity index (χ0) is 20.8. The summed E-state index contributed by atoms with van der Waals surface area (Å²) in [5.41, 5.74) is 10.9. The molecule has 0 aliphatic heterocycles. The summed E-state index contributed by atoms with van der Waals surface area (Å²) in [6, 6.07) is 26.5. The summed E-state index contributed by atoms with van der Waals surface area (Å²) in [6.45, 7) is 5.20. The van der Waals surface area contributed by atoms with E-state index in [1.165, 1.54) is 45.4 Å². The summed E-state index contributed by atoms with van der Waals surface area (Å²) >= 11 is 0. The Labute approximate surface area is 181 Å². The number of hydrogen-bond acceptors (Lipinski definition) is 1. The van der Waals surface area contributed by atoms with Crippen molar-refractivity contribution in [3.63, 3.8) is 0 Å². The van der Waals surface area contributed by atoms with Crippen molar-refractivity contribution >= 4 is 11.3 Å². The smallest absolute Gasteiger partial charge is 0.0433 e. The van der Waals surface area contributed by atoms with Crippen LogP contribution in [-0.4, -0.2) is 12.3 Å². The van der Waals surface area contributed by atoms with Crippen LogP contribution < -0.4 is 0 Å². The molecule has 3 aromatic rings. The molecular formula is C29H31N. The largest absolute Gasteiger partial charge is 0.289 e. The standard InChI is InChI=1S/C29H31N/c1-3-23-12-17-27-10-7-11-28(29(27)21-23)18-19-30-22(2)26-15-13-25(14-16-26)20-24-8-5-4-6-9-24/h4-6,8-9,11-17,21H,3,7,10,18-20H2,1-2H3. The summed E-state index contributed by atoms with van der Waals surface area (Å²) in [5, 5.41) is 0. The van der Waals surface area contributed by atoms with Gasteiger partial charge in [0.05, 0.1) is 0 Å². The summed E-state index contributed by atoms with van der Waals surface area (Å²) in [6.07, 6.45) is 7.83. The maximum absolute atomic E-state index is 4.89. The van der Waals surface area contributed by atoms with Crippen molar-refractivity contribution in [3.05, 3.63) is 112 Å². The van der Waals surface area contributed by atoms with Crippen LogP contribution in [-0.2, 0) is 19.3 Å². The Kier molecular flexibility index (Phi) is 6.59. The van der Waals surface area contributed by atoms with Gasteiger partial charge in [0.25, 0.3) is 0 Å². The van der Waals surface area contributed by atoms with E-state index in [2.05, 4.69) is 92.7 Å². The predicted molar refractivity (Wildman–Crippen MR) is 130 cm³/mol. The van der Waals surface area contributed by atoms with E-state index >= 15 is 0 Å². The SMILES string of the molecule is CCc1ccc2c(c1)C(CCN=C(C)c1ccc(Cc3ccccc3)cc1)=CCC2. The fourth-order valence-electron chi connectivity index (χ4n) is 4.24. The third-order valence-electron chi connectivity index (χ3n) is 6.09. The average molecular weight is 394 g/mol. The van der Waals surface area contributed by atoms with Gasteiger partial charge in [0.2, 0.25) is 0 Å². The van der Waals surface area contributed by atoms with Gasteiger partial charge in [-0.05, 0) is 78.0 Å². The average Bonchev–Trinajstić information content (AvgIpc) is 2.80. The Morgan fingerprint density at radius 2 is 1.60 bits per heavy atom. The van der Waals surface area contributed by atoms with E-state index in [1.54, 1.807) is 0 Å². The molecule has 0 aromatic heterocycles. The van der Waals surface area contributed by atoms with Crippen molar-refractivity contribution in [1.29, 1.82) is 0 Å². The number of aliphatic imine (C=N–C) groups is 1. The zero-order valence-corrected chi connectivity index (χ0v) is 18.2. The quantitative estimate of drug-likeness (QED) is 0.381. The lowest BCUT2D eigenvalue weighted by molar-refractivity contribution is 0.935. The van der Waals surface area contributed by atoms with Gasteiger partial charge in [-0.15, -0.1) is 0 Å². The molecule has 4 rings (SSSR count). The molecule has 0 radical (unpaired) electrons. The number of hydrogen-bond donors (Lipinski definition) is 0. The minimum Gasteiger partial charge on any atom is -0.289 e. The molecular weight excluding hydrogens is 362 g/mol. The van der Waals surface area contributed by atoms with Gasteiger partial charge in [-0.25, -0.2) is 0 Å². The van der Waals surface area contributed by atoms with Gasteiger partial charge in [-0.1, -0.05) is 85.8 Å². The molecule has 0 saturated carbocycles. The highest BCUT2D eigenvalue weighted by Crippen LogP contribution is 2.30. The fourth-order valence-corrected chi connectivity index (χ4v) is 4.24. The molecule has 1 heteroatoms. The summed E-state index contributed by atoms with van der Waals surface area (Å²) < 4.78 is 0. The molecule has 0 unspecified atom stereocenters. The summed E-state index contributed by atoms with van der Waals surface area (Å²) in [7, 11) is 0. The van der Waals surface area contributed by atoms with Gasteiger partial charge in [0, 0.05) is 12.3 Å². The number of fused-ring (bicyclic) bond motifs is 1. The zero-order valence-electron chi connectivity index (χ0n) is 18.2. The van der Waals surface area contributed by atoms with Crippen LogP contribution in [0.2, 0.25) is 0 Å². The number of rotatable bonds is 7. The van der Waals surface area contributed by atoms with E-state index in [-0.39, 0.29) is 0 Å². The summed E-state index contributed by atoms with van der Waals surface area (Å²) in [5.74, 6) is 0. The van der Waals surface area contributed by atoms with E-state index < -0.39 is 0 Å². The molecule has 3 aromatic carbocycles. The second kappa shape index (κ2) is 9.71. The molecule has 0 bridgehead atoms. The molecule has 0 N–H and O–H groups in total. The molecule has 0 saturated heterocycles. The highest BCUT2D eigenvalue weighted by atomic mass is 14.7. The second-order valence-corrected chi connectivity index (χ2v) is 8.19. The lowest BCUT2D eigenvalue weighted by atomic mass is 9.87. The molecule has 152 valence electrons. The lowest BCUT2D eigenvalue weighted by Crippen LogP contribution is -2.03. The van der Waals surface area contributed by atoms with Crippen LogP contribution >= 0.6 is 0 Å². The Morgan fingerprint density at radius 1 is 0.867 bits per heavy atom. The van der Waals surface area contributed by atoms with Crippen molar-refractivity contribution in [2.45, 2.75) is 46.0 Å². The maximum Gasteiger partial charge on any atom is 0.0433 e. The molecule has 0 heterocycles. The first-order valence-corrected chi connectivity index (χ1v) is 11.2. The first-order valence-electron chi connectivity index (χ1n) is 11.2. The maximum atomic E-state index is 4.89. The topological polar surface area (TPSA) is 12.4 Å². The lowest BCUT2D eigenvalue weighted by Gasteiger charge is -2.18. The fraction of sp³-hybridized carbons (Fsp3) is 0.276. The Balaban J connectivity index is 1.38. The highest BCUT2D eigenvalue weighted by Gasteiger charge is 2.12. The Morgan fingerprint density at radius 3 is 2.37 bits per heavy atom. The number of nitrogens with zero attached hydrogens (tertiary/aromatic N) is 1. The number of allylic oxidation sites excluding steroid dienone is 1. The first-order chi connectivity index (χ1) is 14.7. The third kappa shape index (κ3) is 4.97. The minimum atomic E-state index is 0.846. The van der Waals surface area contributed by atoms with Gasteiger partial charge in [0.1, 0.15) is 0 Å². The summed E-state index contributed by atoms with van der Waals surface area (Å²) in [4.78, 5) is 4.89. The van der Waals surface area contributed by atoms with E-state index in [4.69, 9.17) is 4.99 Å².